The number of aliphatic hydroxyl groups excluding tert-OH is 1. The Hall–Kier alpha value is -3.09. The molecule has 146 valence electrons. The van der Waals surface area contributed by atoms with E-state index in [4.69, 9.17) is 0 Å². The number of pyridine rings is 1. The van der Waals surface area contributed by atoms with Crippen LogP contribution in [0.1, 0.15) is 18.6 Å². The summed E-state index contributed by atoms with van der Waals surface area (Å²) < 4.78 is 39.9. The van der Waals surface area contributed by atoms with Crippen LogP contribution in [0.4, 0.5) is 4.39 Å². The number of fused-ring (bicyclic) bond motifs is 1. The van der Waals surface area contributed by atoms with E-state index >= 15 is 0 Å². The Morgan fingerprint density at radius 1 is 0.966 bits per heavy atom. The third kappa shape index (κ3) is 3.52. The van der Waals surface area contributed by atoms with Gasteiger partial charge in [0, 0.05) is 11.6 Å². The Kier molecular flexibility index (Phi) is 4.90. The largest absolute Gasteiger partial charge is 0.389 e. The molecule has 4 nitrogen and oxygen atoms in total. The second-order valence-corrected chi connectivity index (χ2v) is 8.68. The molecule has 0 spiro atoms. The summed E-state index contributed by atoms with van der Waals surface area (Å²) in [6.45, 7) is 1.53. The average molecular weight is 407 g/mol. The second kappa shape index (κ2) is 7.39. The fourth-order valence-corrected chi connectivity index (χ4v) is 4.95. The molecule has 0 saturated heterocycles. The lowest BCUT2D eigenvalue weighted by molar-refractivity contribution is 0.196. The van der Waals surface area contributed by atoms with Crippen molar-refractivity contribution in [1.82, 2.24) is 4.98 Å². The van der Waals surface area contributed by atoms with Crippen molar-refractivity contribution in [3.63, 3.8) is 0 Å². The van der Waals surface area contributed by atoms with Crippen LogP contribution in [0.3, 0.4) is 0 Å². The van der Waals surface area contributed by atoms with Gasteiger partial charge in [0.25, 0.3) is 0 Å². The molecule has 6 heteroatoms. The van der Waals surface area contributed by atoms with Gasteiger partial charge in [0.1, 0.15) is 5.82 Å². The van der Waals surface area contributed by atoms with Crippen LogP contribution < -0.4 is 0 Å². The molecule has 0 radical (unpaired) electrons. The highest BCUT2D eigenvalue weighted by Gasteiger charge is 2.23. The number of aliphatic hydroxyl groups is 1. The molecular formula is C23H18FNO3S. The smallest absolute Gasteiger partial charge is 0.206 e. The number of benzene rings is 3. The molecule has 0 unspecified atom stereocenters. The highest BCUT2D eigenvalue weighted by molar-refractivity contribution is 7.91. The SMILES string of the molecule is C[C@H](O)c1ccccc1S(=O)(=O)c1ccc2nccc(-c3ccc(F)cc3)c2c1. The van der Waals surface area contributed by atoms with Gasteiger partial charge in [-0.1, -0.05) is 30.3 Å². The molecular weight excluding hydrogens is 389 g/mol. The molecule has 1 atom stereocenters. The first-order valence-electron chi connectivity index (χ1n) is 9.05. The zero-order valence-corrected chi connectivity index (χ0v) is 16.4. The van der Waals surface area contributed by atoms with Crippen LogP contribution in [0, 0.1) is 5.82 Å². The third-order valence-corrected chi connectivity index (χ3v) is 6.66. The van der Waals surface area contributed by atoms with E-state index in [1.54, 1.807) is 54.7 Å². The minimum Gasteiger partial charge on any atom is -0.389 e. The highest BCUT2D eigenvalue weighted by Crippen LogP contribution is 2.33. The molecule has 4 aromatic rings. The zero-order valence-electron chi connectivity index (χ0n) is 15.6. The van der Waals surface area contributed by atoms with Gasteiger partial charge in [-0.3, -0.25) is 4.98 Å². The van der Waals surface area contributed by atoms with E-state index in [0.717, 1.165) is 11.1 Å². The molecule has 1 aromatic heterocycles. The number of hydrogen-bond acceptors (Lipinski definition) is 4. The van der Waals surface area contributed by atoms with Crippen molar-refractivity contribution in [3.8, 4) is 11.1 Å². The first kappa shape index (κ1) is 19.2. The van der Waals surface area contributed by atoms with Crippen LogP contribution in [0.2, 0.25) is 0 Å². The Morgan fingerprint density at radius 3 is 2.41 bits per heavy atom. The zero-order chi connectivity index (χ0) is 20.6. The molecule has 0 aliphatic rings. The molecule has 1 N–H and O–H groups in total. The van der Waals surface area contributed by atoms with Gasteiger partial charge in [-0.2, -0.15) is 0 Å². The summed E-state index contributed by atoms with van der Waals surface area (Å²) in [7, 11) is -3.86. The Labute approximate surface area is 168 Å². The maximum absolute atomic E-state index is 13.3. The summed E-state index contributed by atoms with van der Waals surface area (Å²) in [5, 5.41) is 10.6. The summed E-state index contributed by atoms with van der Waals surface area (Å²) in [4.78, 5) is 4.49. The normalized spacial score (nSPS) is 12.8. The molecule has 0 fully saturated rings. The van der Waals surface area contributed by atoms with Gasteiger partial charge < -0.3 is 5.11 Å². The van der Waals surface area contributed by atoms with Gasteiger partial charge in [0.15, 0.2) is 0 Å². The van der Waals surface area contributed by atoms with E-state index in [2.05, 4.69) is 4.98 Å². The van der Waals surface area contributed by atoms with Crippen LogP contribution in [0.5, 0.6) is 0 Å². The minimum absolute atomic E-state index is 0.0709. The first-order valence-corrected chi connectivity index (χ1v) is 10.5. The predicted octanol–water partition coefficient (Wildman–Crippen LogP) is 4.93. The van der Waals surface area contributed by atoms with Gasteiger partial charge in [-0.25, -0.2) is 12.8 Å². The van der Waals surface area contributed by atoms with Crippen molar-refractivity contribution >= 4 is 20.7 Å². The van der Waals surface area contributed by atoms with Crippen molar-refractivity contribution in [2.24, 2.45) is 0 Å². The summed E-state index contributed by atoms with van der Waals surface area (Å²) >= 11 is 0. The Bertz CT molecular complexity index is 1300. The van der Waals surface area contributed by atoms with Crippen molar-refractivity contribution in [3.05, 3.63) is 90.4 Å². The average Bonchev–Trinajstić information content (AvgIpc) is 2.73. The van der Waals surface area contributed by atoms with Crippen molar-refractivity contribution in [2.45, 2.75) is 22.8 Å². The lowest BCUT2D eigenvalue weighted by Crippen LogP contribution is -2.07. The van der Waals surface area contributed by atoms with Crippen LogP contribution in [-0.4, -0.2) is 18.5 Å². The lowest BCUT2D eigenvalue weighted by Gasteiger charge is -2.14. The number of halogens is 1. The predicted molar refractivity (Wildman–Crippen MR) is 110 cm³/mol. The van der Waals surface area contributed by atoms with E-state index in [0.29, 0.717) is 16.5 Å². The van der Waals surface area contributed by atoms with E-state index in [-0.39, 0.29) is 15.6 Å². The number of hydrogen-bond donors (Lipinski definition) is 1. The molecule has 1 heterocycles. The summed E-state index contributed by atoms with van der Waals surface area (Å²) in [5.74, 6) is -0.342. The van der Waals surface area contributed by atoms with Crippen molar-refractivity contribution < 1.29 is 17.9 Å². The van der Waals surface area contributed by atoms with Gasteiger partial charge in [-0.15, -0.1) is 0 Å². The Balaban J connectivity index is 1.92. The van der Waals surface area contributed by atoms with Crippen LogP contribution in [0.15, 0.2) is 88.8 Å². The number of sulfone groups is 1. The number of aromatic nitrogens is 1. The van der Waals surface area contributed by atoms with Crippen molar-refractivity contribution in [2.75, 3.05) is 0 Å². The molecule has 0 saturated carbocycles. The van der Waals surface area contributed by atoms with E-state index in [1.165, 1.54) is 31.2 Å². The third-order valence-electron chi connectivity index (χ3n) is 4.84. The summed E-state index contributed by atoms with van der Waals surface area (Å²) in [5.41, 5.74) is 2.50. The molecule has 0 bridgehead atoms. The first-order chi connectivity index (χ1) is 13.9. The van der Waals surface area contributed by atoms with Crippen molar-refractivity contribution in [1.29, 1.82) is 0 Å². The fraction of sp³-hybridized carbons (Fsp3) is 0.0870. The van der Waals surface area contributed by atoms with Gasteiger partial charge >= 0.3 is 0 Å². The van der Waals surface area contributed by atoms with E-state index < -0.39 is 15.9 Å². The van der Waals surface area contributed by atoms with E-state index in [9.17, 15) is 17.9 Å². The number of rotatable bonds is 4. The standard InChI is InChI=1S/C23H18FNO3S/c1-15(26)19-4-2-3-5-23(19)29(27,28)18-10-11-22-21(14-18)20(12-13-25-22)16-6-8-17(24)9-7-16/h2-15,26H,1H3/t15-/m0/s1. The molecule has 0 aliphatic heterocycles. The molecule has 29 heavy (non-hydrogen) atoms. The molecule has 0 aliphatic carbocycles. The van der Waals surface area contributed by atoms with Crippen LogP contribution >= 0.6 is 0 Å². The summed E-state index contributed by atoms with van der Waals surface area (Å²) in [6, 6.07) is 19.0. The fourth-order valence-electron chi connectivity index (χ4n) is 3.37. The van der Waals surface area contributed by atoms with Gasteiger partial charge in [-0.05, 0) is 66.1 Å². The van der Waals surface area contributed by atoms with Crippen LogP contribution in [-0.2, 0) is 9.84 Å². The van der Waals surface area contributed by atoms with Crippen LogP contribution in [0.25, 0.3) is 22.0 Å². The highest BCUT2D eigenvalue weighted by atomic mass is 32.2. The number of nitrogens with zero attached hydrogens (tertiary/aromatic N) is 1. The molecule has 3 aromatic carbocycles. The van der Waals surface area contributed by atoms with E-state index in [1.807, 2.05) is 0 Å². The maximum Gasteiger partial charge on any atom is 0.206 e. The minimum atomic E-state index is -3.86. The molecule has 0 amide bonds. The van der Waals surface area contributed by atoms with Gasteiger partial charge in [0.2, 0.25) is 9.84 Å². The second-order valence-electron chi connectivity index (χ2n) is 6.76. The monoisotopic (exact) mass is 407 g/mol. The topological polar surface area (TPSA) is 67.3 Å². The Morgan fingerprint density at radius 2 is 1.69 bits per heavy atom. The maximum atomic E-state index is 13.3. The quantitative estimate of drug-likeness (QED) is 0.521. The summed E-state index contributed by atoms with van der Waals surface area (Å²) in [6.07, 6.45) is 0.718. The van der Waals surface area contributed by atoms with Gasteiger partial charge in [0.05, 0.1) is 21.4 Å². The lowest BCUT2D eigenvalue weighted by atomic mass is 10.0. The molecule has 4 rings (SSSR count).